The number of hydrogen-bond acceptors (Lipinski definition) is 3. The molecular formula is C12H22N2OS. The van der Waals surface area contributed by atoms with E-state index in [-0.39, 0.29) is 5.54 Å². The number of nitrogens with one attached hydrogen (secondary N) is 1. The molecule has 0 aliphatic carbocycles. The van der Waals surface area contributed by atoms with Crippen molar-refractivity contribution in [3.05, 3.63) is 0 Å². The van der Waals surface area contributed by atoms with Gasteiger partial charge in [0.15, 0.2) is 0 Å². The number of likely N-dealkylation sites (tertiary alicyclic amines) is 1. The summed E-state index contributed by atoms with van der Waals surface area (Å²) >= 11 is 1.92. The third kappa shape index (κ3) is 2.54. The second kappa shape index (κ2) is 4.96. The Labute approximate surface area is 102 Å². The highest BCUT2D eigenvalue weighted by Gasteiger charge is 2.33. The predicted molar refractivity (Wildman–Crippen MR) is 68.7 cm³/mol. The molecule has 0 aromatic rings. The molecule has 1 atom stereocenters. The van der Waals surface area contributed by atoms with Crippen molar-refractivity contribution >= 4 is 17.7 Å². The molecule has 1 unspecified atom stereocenters. The molecule has 2 saturated heterocycles. The molecule has 2 fully saturated rings. The molecule has 2 aliphatic heterocycles. The van der Waals surface area contributed by atoms with Gasteiger partial charge in [0.2, 0.25) is 5.91 Å². The van der Waals surface area contributed by atoms with Gasteiger partial charge in [-0.05, 0) is 39.0 Å². The molecular weight excluding hydrogens is 220 g/mol. The van der Waals surface area contributed by atoms with Gasteiger partial charge in [-0.3, -0.25) is 4.79 Å². The molecule has 16 heavy (non-hydrogen) atoms. The van der Waals surface area contributed by atoms with Crippen LogP contribution in [-0.4, -0.2) is 48.0 Å². The first-order valence-corrected chi connectivity index (χ1v) is 7.35. The summed E-state index contributed by atoms with van der Waals surface area (Å²) in [6.45, 7) is 4.11. The van der Waals surface area contributed by atoms with Crippen LogP contribution >= 0.6 is 11.8 Å². The molecule has 1 amide bonds. The van der Waals surface area contributed by atoms with Crippen LogP contribution in [0.3, 0.4) is 0 Å². The number of amides is 1. The van der Waals surface area contributed by atoms with E-state index in [1.54, 1.807) is 0 Å². The predicted octanol–water partition coefficient (Wildman–Crippen LogP) is 1.34. The molecule has 0 saturated carbocycles. The molecule has 4 heteroatoms. The van der Waals surface area contributed by atoms with Crippen LogP contribution in [0, 0.1) is 5.92 Å². The van der Waals surface area contributed by atoms with Gasteiger partial charge in [0.05, 0.1) is 0 Å². The third-order valence-electron chi connectivity index (χ3n) is 4.06. The number of carbonyl (C=O) groups excluding carboxylic acids is 1. The standard InChI is InChI=1S/C12H22N2OS/c1-12(13-2)4-6-14(7-5-12)11(15)10-3-8-16-9-10/h10,13H,3-9H2,1-2H3. The SMILES string of the molecule is CNC1(C)CCN(C(=O)C2CCSC2)CC1. The molecule has 2 aliphatic rings. The lowest BCUT2D eigenvalue weighted by Gasteiger charge is -2.40. The van der Waals surface area contributed by atoms with E-state index in [1.165, 1.54) is 5.75 Å². The third-order valence-corrected chi connectivity index (χ3v) is 5.22. The largest absolute Gasteiger partial charge is 0.342 e. The van der Waals surface area contributed by atoms with Crippen LogP contribution in [0.5, 0.6) is 0 Å². The van der Waals surface area contributed by atoms with E-state index < -0.39 is 0 Å². The maximum Gasteiger partial charge on any atom is 0.226 e. The Hall–Kier alpha value is -0.220. The fraction of sp³-hybridized carbons (Fsp3) is 0.917. The maximum absolute atomic E-state index is 12.2. The van der Waals surface area contributed by atoms with Crippen molar-refractivity contribution in [1.29, 1.82) is 0 Å². The monoisotopic (exact) mass is 242 g/mol. The summed E-state index contributed by atoms with van der Waals surface area (Å²) in [5, 5.41) is 3.37. The number of nitrogens with zero attached hydrogens (tertiary/aromatic N) is 1. The second-order valence-corrected chi connectivity index (χ2v) is 6.35. The number of carbonyl (C=O) groups is 1. The van der Waals surface area contributed by atoms with Crippen molar-refractivity contribution in [3.8, 4) is 0 Å². The topological polar surface area (TPSA) is 32.3 Å². The molecule has 0 aromatic carbocycles. The van der Waals surface area contributed by atoms with Gasteiger partial charge in [0, 0.05) is 30.3 Å². The fourth-order valence-corrected chi connectivity index (χ4v) is 3.67. The van der Waals surface area contributed by atoms with Crippen molar-refractivity contribution < 1.29 is 4.79 Å². The fourth-order valence-electron chi connectivity index (χ4n) is 2.46. The van der Waals surface area contributed by atoms with Crippen LogP contribution in [0.15, 0.2) is 0 Å². The zero-order valence-corrected chi connectivity index (χ0v) is 11.1. The summed E-state index contributed by atoms with van der Waals surface area (Å²) in [6.07, 6.45) is 3.24. The van der Waals surface area contributed by atoms with E-state index in [1.807, 2.05) is 18.8 Å². The van der Waals surface area contributed by atoms with Crippen molar-refractivity contribution in [2.45, 2.75) is 31.7 Å². The van der Waals surface area contributed by atoms with Crippen LogP contribution in [0.25, 0.3) is 0 Å². The second-order valence-electron chi connectivity index (χ2n) is 5.20. The quantitative estimate of drug-likeness (QED) is 0.793. The lowest BCUT2D eigenvalue weighted by molar-refractivity contribution is -0.136. The van der Waals surface area contributed by atoms with Gasteiger partial charge in [0.1, 0.15) is 0 Å². The van der Waals surface area contributed by atoms with E-state index in [2.05, 4.69) is 17.1 Å². The van der Waals surface area contributed by atoms with Crippen LogP contribution in [0.1, 0.15) is 26.2 Å². The number of hydrogen-bond donors (Lipinski definition) is 1. The average Bonchev–Trinajstić information content (AvgIpc) is 2.83. The summed E-state index contributed by atoms with van der Waals surface area (Å²) in [6, 6.07) is 0. The summed E-state index contributed by atoms with van der Waals surface area (Å²) < 4.78 is 0. The van der Waals surface area contributed by atoms with Gasteiger partial charge in [0.25, 0.3) is 0 Å². The molecule has 0 spiro atoms. The smallest absolute Gasteiger partial charge is 0.226 e. The van der Waals surface area contributed by atoms with Crippen molar-refractivity contribution in [2.75, 3.05) is 31.6 Å². The molecule has 0 radical (unpaired) electrons. The van der Waals surface area contributed by atoms with E-state index in [0.717, 1.165) is 38.1 Å². The number of rotatable bonds is 2. The Morgan fingerprint density at radius 1 is 1.44 bits per heavy atom. The van der Waals surface area contributed by atoms with Crippen LogP contribution in [-0.2, 0) is 4.79 Å². The molecule has 1 N–H and O–H groups in total. The summed E-state index contributed by atoms with van der Waals surface area (Å²) in [7, 11) is 2.02. The molecule has 0 bridgehead atoms. The minimum atomic E-state index is 0.237. The Morgan fingerprint density at radius 3 is 2.62 bits per heavy atom. The Balaban J connectivity index is 1.86. The number of thioether (sulfide) groups is 1. The summed E-state index contributed by atoms with van der Waals surface area (Å²) in [5.41, 5.74) is 0.237. The van der Waals surface area contributed by atoms with Crippen LogP contribution in [0.4, 0.5) is 0 Å². The van der Waals surface area contributed by atoms with Gasteiger partial charge in [-0.15, -0.1) is 0 Å². The highest BCUT2D eigenvalue weighted by molar-refractivity contribution is 7.99. The molecule has 92 valence electrons. The lowest BCUT2D eigenvalue weighted by Crippen LogP contribution is -2.52. The van der Waals surface area contributed by atoms with Crippen molar-refractivity contribution in [1.82, 2.24) is 10.2 Å². The van der Waals surface area contributed by atoms with E-state index >= 15 is 0 Å². The van der Waals surface area contributed by atoms with E-state index in [0.29, 0.717) is 11.8 Å². The Morgan fingerprint density at radius 2 is 2.12 bits per heavy atom. The van der Waals surface area contributed by atoms with Gasteiger partial charge < -0.3 is 10.2 Å². The Kier molecular flexibility index (Phi) is 3.80. The first-order chi connectivity index (χ1) is 7.64. The minimum absolute atomic E-state index is 0.237. The summed E-state index contributed by atoms with van der Waals surface area (Å²) in [5.74, 6) is 2.92. The molecule has 3 nitrogen and oxygen atoms in total. The van der Waals surface area contributed by atoms with E-state index in [4.69, 9.17) is 0 Å². The van der Waals surface area contributed by atoms with Crippen molar-refractivity contribution in [2.24, 2.45) is 5.92 Å². The molecule has 2 rings (SSSR count). The maximum atomic E-state index is 12.2. The first-order valence-electron chi connectivity index (χ1n) is 6.20. The van der Waals surface area contributed by atoms with Gasteiger partial charge in [-0.2, -0.15) is 11.8 Å². The van der Waals surface area contributed by atoms with Crippen LogP contribution < -0.4 is 5.32 Å². The normalized spacial score (nSPS) is 29.4. The molecule has 0 aromatic heterocycles. The van der Waals surface area contributed by atoms with Gasteiger partial charge in [-0.1, -0.05) is 0 Å². The minimum Gasteiger partial charge on any atom is -0.342 e. The van der Waals surface area contributed by atoms with Gasteiger partial charge in [-0.25, -0.2) is 0 Å². The summed E-state index contributed by atoms with van der Waals surface area (Å²) in [4.78, 5) is 14.3. The lowest BCUT2D eigenvalue weighted by atomic mass is 9.89. The van der Waals surface area contributed by atoms with E-state index in [9.17, 15) is 4.79 Å². The van der Waals surface area contributed by atoms with Gasteiger partial charge >= 0.3 is 0 Å². The zero-order chi connectivity index (χ0) is 11.6. The average molecular weight is 242 g/mol. The highest BCUT2D eigenvalue weighted by atomic mass is 32.2. The first kappa shape index (κ1) is 12.2. The number of piperidine rings is 1. The Bertz CT molecular complexity index is 256. The highest BCUT2D eigenvalue weighted by Crippen LogP contribution is 2.28. The zero-order valence-electron chi connectivity index (χ0n) is 10.3. The molecule has 2 heterocycles. The van der Waals surface area contributed by atoms with Crippen LogP contribution in [0.2, 0.25) is 0 Å². The van der Waals surface area contributed by atoms with Crippen molar-refractivity contribution in [3.63, 3.8) is 0 Å².